The van der Waals surface area contributed by atoms with Gasteiger partial charge in [0.1, 0.15) is 23.4 Å². The lowest BCUT2D eigenvalue weighted by Gasteiger charge is -2.38. The quantitative estimate of drug-likeness (QED) is 0.327. The SMILES string of the molecule is CCN1C(=O)[C@@H](NC(=O)c2cccc(C(F)(F)F)c2)[C@@H](c2ccc(F)cc2)c2c(C)nn(-c3cccc(O)c3)c21. The van der Waals surface area contributed by atoms with Gasteiger partial charge in [0.2, 0.25) is 0 Å². The predicted octanol–water partition coefficient (Wildman–Crippen LogP) is 5.34. The van der Waals surface area contributed by atoms with Gasteiger partial charge in [0.05, 0.1) is 16.9 Å². The number of benzene rings is 3. The van der Waals surface area contributed by atoms with Crippen molar-refractivity contribution in [3.8, 4) is 11.4 Å². The van der Waals surface area contributed by atoms with Crippen LogP contribution in [0.3, 0.4) is 0 Å². The molecule has 0 spiro atoms. The molecule has 40 heavy (non-hydrogen) atoms. The van der Waals surface area contributed by atoms with Crippen LogP contribution in [0.5, 0.6) is 5.75 Å². The lowest BCUT2D eigenvalue weighted by atomic mass is 9.81. The standard InChI is InChI=1S/C29H24F4N4O3/c1-3-36-27-23(16(2)35-37(27)21-8-5-9-22(38)15-21)24(17-10-12-20(30)13-11-17)25(28(36)40)34-26(39)18-6-4-7-19(14-18)29(31,32)33/h4-15,24-25,38H,3H2,1-2H3,(H,34,39)/t24-,25-/m0/s1. The number of likely N-dealkylation sites (N-methyl/N-ethyl adjacent to an activating group) is 1. The second-order valence-corrected chi connectivity index (χ2v) is 9.40. The maximum Gasteiger partial charge on any atom is 0.416 e. The summed E-state index contributed by atoms with van der Waals surface area (Å²) >= 11 is 0. The zero-order valence-corrected chi connectivity index (χ0v) is 21.4. The first-order chi connectivity index (χ1) is 19.0. The maximum absolute atomic E-state index is 14.0. The minimum absolute atomic E-state index is 0.00843. The molecule has 0 bridgehead atoms. The minimum atomic E-state index is -4.65. The molecular weight excluding hydrogens is 528 g/mol. The number of hydrogen-bond acceptors (Lipinski definition) is 4. The van der Waals surface area contributed by atoms with Gasteiger partial charge in [-0.3, -0.25) is 14.5 Å². The highest BCUT2D eigenvalue weighted by Gasteiger charge is 2.45. The van der Waals surface area contributed by atoms with E-state index < -0.39 is 41.3 Å². The molecule has 3 aromatic carbocycles. The molecule has 5 rings (SSSR count). The number of aromatic nitrogens is 2. The molecule has 11 heteroatoms. The van der Waals surface area contributed by atoms with Crippen molar-refractivity contribution in [1.29, 1.82) is 0 Å². The van der Waals surface area contributed by atoms with E-state index in [1.54, 1.807) is 26.0 Å². The van der Waals surface area contributed by atoms with Gasteiger partial charge in [-0.25, -0.2) is 9.07 Å². The number of rotatable bonds is 5. The van der Waals surface area contributed by atoms with Crippen LogP contribution < -0.4 is 10.2 Å². The normalized spacial score (nSPS) is 17.1. The van der Waals surface area contributed by atoms with Gasteiger partial charge in [0.25, 0.3) is 11.8 Å². The number of alkyl halides is 3. The maximum atomic E-state index is 14.0. The first kappa shape index (κ1) is 26.9. The van der Waals surface area contributed by atoms with E-state index in [1.807, 2.05) is 0 Å². The van der Waals surface area contributed by atoms with E-state index in [1.165, 1.54) is 52.0 Å². The molecule has 2 amide bonds. The summed E-state index contributed by atoms with van der Waals surface area (Å²) in [6.45, 7) is 3.65. The Kier molecular flexibility index (Phi) is 6.82. The molecular formula is C29H24F4N4O3. The Morgan fingerprint density at radius 2 is 1.75 bits per heavy atom. The van der Waals surface area contributed by atoms with Gasteiger partial charge in [-0.1, -0.05) is 24.3 Å². The minimum Gasteiger partial charge on any atom is -0.508 e. The lowest BCUT2D eigenvalue weighted by Crippen LogP contribution is -2.55. The predicted molar refractivity (Wildman–Crippen MR) is 139 cm³/mol. The average Bonchev–Trinajstić information content (AvgIpc) is 3.26. The van der Waals surface area contributed by atoms with E-state index >= 15 is 0 Å². The Morgan fingerprint density at radius 3 is 2.40 bits per heavy atom. The summed E-state index contributed by atoms with van der Waals surface area (Å²) in [6.07, 6.45) is -4.65. The number of nitrogens with zero attached hydrogens (tertiary/aromatic N) is 3. The first-order valence-corrected chi connectivity index (χ1v) is 12.4. The highest BCUT2D eigenvalue weighted by atomic mass is 19.4. The summed E-state index contributed by atoms with van der Waals surface area (Å²) in [5, 5.41) is 17.3. The summed E-state index contributed by atoms with van der Waals surface area (Å²) in [4.78, 5) is 28.7. The van der Waals surface area contributed by atoms with E-state index in [-0.39, 0.29) is 17.9 Å². The van der Waals surface area contributed by atoms with E-state index in [9.17, 15) is 32.3 Å². The van der Waals surface area contributed by atoms with Crippen LogP contribution in [0.2, 0.25) is 0 Å². The molecule has 1 aromatic heterocycles. The molecule has 1 aliphatic rings. The molecule has 0 unspecified atom stereocenters. The fourth-order valence-electron chi connectivity index (χ4n) is 5.08. The Morgan fingerprint density at radius 1 is 1.05 bits per heavy atom. The fraction of sp³-hybridized carbons (Fsp3) is 0.207. The summed E-state index contributed by atoms with van der Waals surface area (Å²) in [5.74, 6) is -2.33. The molecule has 1 aliphatic heterocycles. The van der Waals surface area contributed by atoms with Crippen molar-refractivity contribution in [3.05, 3.63) is 107 Å². The summed E-state index contributed by atoms with van der Waals surface area (Å²) in [7, 11) is 0. The number of amides is 2. The molecule has 2 heterocycles. The lowest BCUT2D eigenvalue weighted by molar-refractivity contribution is -0.137. The number of hydrogen-bond donors (Lipinski definition) is 2. The van der Waals surface area contributed by atoms with Crippen molar-refractivity contribution in [1.82, 2.24) is 15.1 Å². The van der Waals surface area contributed by atoms with Crippen LogP contribution in [-0.4, -0.2) is 39.3 Å². The van der Waals surface area contributed by atoms with Gasteiger partial charge < -0.3 is 10.4 Å². The van der Waals surface area contributed by atoms with Crippen molar-refractivity contribution < 1.29 is 32.3 Å². The number of phenols is 1. The van der Waals surface area contributed by atoms with Gasteiger partial charge in [0, 0.05) is 29.7 Å². The van der Waals surface area contributed by atoms with Crippen LogP contribution in [0, 0.1) is 12.7 Å². The molecule has 2 atom stereocenters. The molecule has 4 aromatic rings. The third-order valence-corrected chi connectivity index (χ3v) is 6.87. The van der Waals surface area contributed by atoms with Gasteiger partial charge in [-0.2, -0.15) is 18.3 Å². The van der Waals surface area contributed by atoms with Crippen LogP contribution in [0.15, 0.2) is 72.8 Å². The van der Waals surface area contributed by atoms with Crippen molar-refractivity contribution in [2.45, 2.75) is 32.0 Å². The molecule has 0 radical (unpaired) electrons. The first-order valence-electron chi connectivity index (χ1n) is 12.4. The molecule has 0 fully saturated rings. The molecule has 7 nitrogen and oxygen atoms in total. The molecule has 2 N–H and O–H groups in total. The second kappa shape index (κ2) is 10.1. The van der Waals surface area contributed by atoms with E-state index in [4.69, 9.17) is 0 Å². The van der Waals surface area contributed by atoms with E-state index in [0.717, 1.165) is 18.2 Å². The van der Waals surface area contributed by atoms with Crippen LogP contribution in [0.4, 0.5) is 23.4 Å². The third-order valence-electron chi connectivity index (χ3n) is 6.87. The second-order valence-electron chi connectivity index (χ2n) is 9.40. The summed E-state index contributed by atoms with van der Waals surface area (Å²) < 4.78 is 55.3. The Balaban J connectivity index is 1.66. The summed E-state index contributed by atoms with van der Waals surface area (Å²) in [6, 6.07) is 14.5. The Labute approximate surface area is 226 Å². The van der Waals surface area contributed by atoms with Gasteiger partial charge >= 0.3 is 6.18 Å². The van der Waals surface area contributed by atoms with E-state index in [0.29, 0.717) is 28.3 Å². The van der Waals surface area contributed by atoms with Crippen molar-refractivity contribution in [2.75, 3.05) is 11.4 Å². The zero-order valence-electron chi connectivity index (χ0n) is 21.4. The number of aromatic hydroxyl groups is 1. The van der Waals surface area contributed by atoms with Crippen LogP contribution in [-0.2, 0) is 11.0 Å². The van der Waals surface area contributed by atoms with Crippen LogP contribution >= 0.6 is 0 Å². The highest BCUT2D eigenvalue weighted by Crippen LogP contribution is 2.43. The fourth-order valence-corrected chi connectivity index (χ4v) is 5.08. The van der Waals surface area contributed by atoms with Gasteiger partial charge in [-0.05, 0) is 61.9 Å². The number of phenolic OH excluding ortho intramolecular Hbond substituents is 1. The summed E-state index contributed by atoms with van der Waals surface area (Å²) in [5.41, 5.74) is 0.814. The molecule has 0 saturated heterocycles. The third kappa shape index (κ3) is 4.78. The zero-order chi connectivity index (χ0) is 28.8. The monoisotopic (exact) mass is 552 g/mol. The number of carbonyl (C=O) groups is 2. The van der Waals surface area contributed by atoms with Gasteiger partial charge in [-0.15, -0.1) is 0 Å². The smallest absolute Gasteiger partial charge is 0.416 e. The molecule has 206 valence electrons. The van der Waals surface area contributed by atoms with Crippen LogP contribution in [0.25, 0.3) is 5.69 Å². The number of nitrogens with one attached hydrogen (secondary N) is 1. The largest absolute Gasteiger partial charge is 0.508 e. The number of carbonyl (C=O) groups excluding carboxylic acids is 2. The Hall–Kier alpha value is -4.67. The topological polar surface area (TPSA) is 87.5 Å². The van der Waals surface area contributed by atoms with E-state index in [2.05, 4.69) is 10.4 Å². The van der Waals surface area contributed by atoms with Crippen molar-refractivity contribution in [2.24, 2.45) is 0 Å². The highest BCUT2D eigenvalue weighted by molar-refractivity contribution is 6.05. The number of fused-ring (bicyclic) bond motifs is 1. The van der Waals surface area contributed by atoms with Crippen molar-refractivity contribution in [3.63, 3.8) is 0 Å². The number of halogens is 4. The van der Waals surface area contributed by atoms with Crippen molar-refractivity contribution >= 4 is 17.6 Å². The Bertz CT molecular complexity index is 1600. The average molecular weight is 553 g/mol. The molecule has 0 saturated carbocycles. The van der Waals surface area contributed by atoms with Gasteiger partial charge in [0.15, 0.2) is 0 Å². The number of aryl methyl sites for hydroxylation is 1. The van der Waals surface area contributed by atoms with Crippen LogP contribution in [0.1, 0.15) is 45.6 Å². The number of anilines is 1. The molecule has 0 aliphatic carbocycles.